The average molecular weight is 533 g/mol. The van der Waals surface area contributed by atoms with E-state index in [9.17, 15) is 28.8 Å². The van der Waals surface area contributed by atoms with Crippen LogP contribution < -0.4 is 16.6 Å². The Bertz CT molecular complexity index is 1270. The van der Waals surface area contributed by atoms with Crippen molar-refractivity contribution < 1.29 is 42.9 Å². The van der Waals surface area contributed by atoms with Gasteiger partial charge in [-0.15, -0.1) is 0 Å². The first-order chi connectivity index (χ1) is 18.1. The summed E-state index contributed by atoms with van der Waals surface area (Å²) in [7, 11) is 1.09. The molecule has 38 heavy (non-hydrogen) atoms. The number of nitrogens with one attached hydrogen (secondary N) is 2. The number of amides is 1. The molecule has 204 valence electrons. The standard InChI is InChI=1S/C24H27N3O11/c1-13(28)36-17-11-16(19(22(31)34-3)26-24(33)35-12-15-7-5-4-6-8-15)38-21(20(17)37-14(2)29)27-10-9-18(30)25-23(27)32/h4-10,16-17,19-21H,11-12H2,1-3H3,(H,26,33)(H,25,30,32)/t16-,17+,19-,20+,21+/m0/s1. The number of methoxy groups -OCH3 is 1. The van der Waals surface area contributed by atoms with Gasteiger partial charge < -0.3 is 29.0 Å². The Kier molecular flexibility index (Phi) is 9.38. The number of carbonyl (C=O) groups is 4. The lowest BCUT2D eigenvalue weighted by atomic mass is 9.95. The number of carbonyl (C=O) groups excluding carboxylic acids is 4. The van der Waals surface area contributed by atoms with E-state index in [0.29, 0.717) is 5.56 Å². The smallest absolute Gasteiger partial charge is 0.408 e. The lowest BCUT2D eigenvalue weighted by Gasteiger charge is -2.42. The van der Waals surface area contributed by atoms with E-state index >= 15 is 0 Å². The molecule has 1 fully saturated rings. The maximum atomic E-state index is 12.7. The molecule has 1 aliphatic rings. The van der Waals surface area contributed by atoms with Crippen molar-refractivity contribution >= 4 is 24.0 Å². The number of H-pyrrole nitrogens is 1. The highest BCUT2D eigenvalue weighted by Crippen LogP contribution is 2.33. The second kappa shape index (κ2) is 12.7. The van der Waals surface area contributed by atoms with Crippen LogP contribution in [0, 0.1) is 0 Å². The fraction of sp³-hybridized carbons (Fsp3) is 0.417. The molecule has 0 saturated carbocycles. The van der Waals surface area contributed by atoms with Gasteiger partial charge in [0.05, 0.1) is 13.2 Å². The van der Waals surface area contributed by atoms with Crippen molar-refractivity contribution in [3.05, 3.63) is 69.0 Å². The van der Waals surface area contributed by atoms with Crippen molar-refractivity contribution in [1.82, 2.24) is 14.9 Å². The summed E-state index contributed by atoms with van der Waals surface area (Å²) in [6, 6.07) is 8.33. The molecular weight excluding hydrogens is 506 g/mol. The summed E-state index contributed by atoms with van der Waals surface area (Å²) in [5.74, 6) is -2.44. The molecule has 14 heteroatoms. The molecule has 3 rings (SSSR count). The van der Waals surface area contributed by atoms with Crippen molar-refractivity contribution in [3.63, 3.8) is 0 Å². The predicted octanol–water partition coefficient (Wildman–Crippen LogP) is 0.156. The Labute approximate surface area is 215 Å². The Morgan fingerprint density at radius 3 is 2.37 bits per heavy atom. The van der Waals surface area contributed by atoms with E-state index in [1.807, 2.05) is 0 Å². The third kappa shape index (κ3) is 7.29. The van der Waals surface area contributed by atoms with Crippen LogP contribution in [0.1, 0.15) is 32.1 Å². The summed E-state index contributed by atoms with van der Waals surface area (Å²) in [6.45, 7) is 2.13. The molecule has 0 bridgehead atoms. The van der Waals surface area contributed by atoms with E-state index in [2.05, 4.69) is 10.3 Å². The first-order valence-corrected chi connectivity index (χ1v) is 11.5. The molecule has 14 nitrogen and oxygen atoms in total. The van der Waals surface area contributed by atoms with Crippen LogP contribution in [0.15, 0.2) is 52.2 Å². The van der Waals surface area contributed by atoms with E-state index in [0.717, 1.165) is 37.8 Å². The van der Waals surface area contributed by atoms with Gasteiger partial charge in [0.25, 0.3) is 5.56 Å². The first-order valence-electron chi connectivity index (χ1n) is 11.5. The van der Waals surface area contributed by atoms with Crippen LogP contribution in [0.4, 0.5) is 4.79 Å². The largest absolute Gasteiger partial charge is 0.467 e. The highest BCUT2D eigenvalue weighted by Gasteiger charge is 2.48. The summed E-state index contributed by atoms with van der Waals surface area (Å²) in [4.78, 5) is 75.2. The average Bonchev–Trinajstić information content (AvgIpc) is 2.87. The summed E-state index contributed by atoms with van der Waals surface area (Å²) in [5, 5.41) is 2.38. The minimum absolute atomic E-state index is 0.0912. The van der Waals surface area contributed by atoms with Crippen LogP contribution in [-0.4, -0.2) is 65.0 Å². The number of aromatic nitrogens is 2. The number of aromatic amines is 1. The topological polar surface area (TPSA) is 181 Å². The van der Waals surface area contributed by atoms with Gasteiger partial charge in [-0.25, -0.2) is 14.4 Å². The maximum absolute atomic E-state index is 12.7. The van der Waals surface area contributed by atoms with E-state index in [1.54, 1.807) is 30.3 Å². The summed E-state index contributed by atoms with van der Waals surface area (Å²) >= 11 is 0. The number of alkyl carbamates (subject to hydrolysis) is 1. The third-order valence-corrected chi connectivity index (χ3v) is 5.48. The molecule has 2 N–H and O–H groups in total. The summed E-state index contributed by atoms with van der Waals surface area (Å²) in [5.41, 5.74) is -0.927. The molecule has 1 aromatic heterocycles. The summed E-state index contributed by atoms with van der Waals surface area (Å²) in [6.07, 6.45) is -5.42. The number of rotatable bonds is 8. The highest BCUT2D eigenvalue weighted by molar-refractivity contribution is 5.82. The molecular formula is C24H27N3O11. The molecule has 0 aliphatic carbocycles. The van der Waals surface area contributed by atoms with Crippen molar-refractivity contribution in [2.75, 3.05) is 7.11 Å². The third-order valence-electron chi connectivity index (χ3n) is 5.48. The minimum Gasteiger partial charge on any atom is -0.467 e. The summed E-state index contributed by atoms with van der Waals surface area (Å²) < 4.78 is 27.5. The van der Waals surface area contributed by atoms with Gasteiger partial charge in [0.15, 0.2) is 18.4 Å². The molecule has 0 radical (unpaired) electrons. The van der Waals surface area contributed by atoms with E-state index in [1.165, 1.54) is 0 Å². The molecule has 5 atom stereocenters. The first kappa shape index (κ1) is 28.1. The van der Waals surface area contributed by atoms with Crippen molar-refractivity contribution in [2.45, 2.75) is 57.5 Å². The Balaban J connectivity index is 1.93. The SMILES string of the molecule is COC(=O)[C@@H](NC(=O)OCc1ccccc1)[C@@H]1C[C@@H](OC(C)=O)[C@@H](OC(C)=O)[C@H](n2ccc(=O)[nH]c2=O)O1. The van der Waals surface area contributed by atoms with E-state index in [-0.39, 0.29) is 13.0 Å². The van der Waals surface area contributed by atoms with Crippen molar-refractivity contribution in [2.24, 2.45) is 0 Å². The molecule has 2 aromatic rings. The monoisotopic (exact) mass is 533 g/mol. The van der Waals surface area contributed by atoms with Crippen LogP contribution in [0.2, 0.25) is 0 Å². The van der Waals surface area contributed by atoms with Gasteiger partial charge in [0.2, 0.25) is 0 Å². The van der Waals surface area contributed by atoms with E-state index < -0.39 is 65.8 Å². The van der Waals surface area contributed by atoms with Gasteiger partial charge in [-0.05, 0) is 5.56 Å². The number of esters is 3. The Morgan fingerprint density at radius 1 is 1.08 bits per heavy atom. The lowest BCUT2D eigenvalue weighted by Crippen LogP contribution is -2.59. The Morgan fingerprint density at radius 2 is 1.76 bits per heavy atom. The van der Waals surface area contributed by atoms with Gasteiger partial charge in [-0.3, -0.25) is 23.9 Å². The highest BCUT2D eigenvalue weighted by atomic mass is 16.6. The molecule has 1 saturated heterocycles. The van der Waals surface area contributed by atoms with Crippen molar-refractivity contribution in [1.29, 1.82) is 0 Å². The number of ether oxygens (including phenoxy) is 5. The fourth-order valence-electron chi connectivity index (χ4n) is 3.90. The normalized spacial score (nSPS) is 21.4. The molecule has 0 unspecified atom stereocenters. The fourth-order valence-corrected chi connectivity index (χ4v) is 3.90. The molecule has 2 heterocycles. The van der Waals surface area contributed by atoms with Crippen LogP contribution in [0.5, 0.6) is 0 Å². The number of hydrogen-bond acceptors (Lipinski definition) is 11. The van der Waals surface area contributed by atoms with E-state index in [4.69, 9.17) is 23.7 Å². The zero-order chi connectivity index (χ0) is 27.8. The van der Waals surface area contributed by atoms with Gasteiger partial charge >= 0.3 is 29.7 Å². The van der Waals surface area contributed by atoms with Crippen LogP contribution >= 0.6 is 0 Å². The zero-order valence-electron chi connectivity index (χ0n) is 20.8. The predicted molar refractivity (Wildman–Crippen MR) is 127 cm³/mol. The van der Waals surface area contributed by atoms with Crippen LogP contribution in [0.3, 0.4) is 0 Å². The second-order valence-electron chi connectivity index (χ2n) is 8.25. The van der Waals surface area contributed by atoms with Crippen LogP contribution in [0.25, 0.3) is 0 Å². The van der Waals surface area contributed by atoms with Gasteiger partial charge in [-0.1, -0.05) is 30.3 Å². The Hall–Kier alpha value is -4.46. The second-order valence-corrected chi connectivity index (χ2v) is 8.25. The quantitative estimate of drug-likeness (QED) is 0.348. The zero-order valence-corrected chi connectivity index (χ0v) is 20.8. The molecule has 1 amide bonds. The van der Waals surface area contributed by atoms with Crippen molar-refractivity contribution in [3.8, 4) is 0 Å². The molecule has 1 aromatic carbocycles. The minimum atomic E-state index is -1.49. The number of nitrogens with zero attached hydrogens (tertiary/aromatic N) is 1. The van der Waals surface area contributed by atoms with Gasteiger partial charge in [-0.2, -0.15) is 0 Å². The maximum Gasteiger partial charge on any atom is 0.408 e. The van der Waals surface area contributed by atoms with Gasteiger partial charge in [0, 0.05) is 32.5 Å². The van der Waals surface area contributed by atoms with Gasteiger partial charge in [0.1, 0.15) is 12.7 Å². The molecule has 0 spiro atoms. The number of hydrogen-bond donors (Lipinski definition) is 2. The number of benzene rings is 1. The van der Waals surface area contributed by atoms with Crippen LogP contribution in [-0.2, 0) is 44.7 Å². The molecule has 1 aliphatic heterocycles. The lowest BCUT2D eigenvalue weighted by molar-refractivity contribution is -0.229.